The molecule has 3 nitrogen and oxygen atoms in total. The maximum absolute atomic E-state index is 11.9. The van der Waals surface area contributed by atoms with Crippen LogP contribution in [-0.2, 0) is 14.3 Å². The first-order valence-corrected chi connectivity index (χ1v) is 5.75. The number of methoxy groups -OCH3 is 1. The van der Waals surface area contributed by atoms with E-state index in [-0.39, 0.29) is 17.0 Å². The molecule has 16 heavy (non-hydrogen) atoms. The molecular weight excluding hydrogens is 204 g/mol. The van der Waals surface area contributed by atoms with Crippen molar-refractivity contribution in [3.63, 3.8) is 0 Å². The summed E-state index contributed by atoms with van der Waals surface area (Å²) in [5.74, 6) is 0.436. The van der Waals surface area contributed by atoms with Crippen molar-refractivity contribution >= 4 is 11.6 Å². The largest absolute Gasteiger partial charge is 0.500 e. The smallest absolute Gasteiger partial charge is 0.170 e. The van der Waals surface area contributed by atoms with Gasteiger partial charge in [-0.3, -0.25) is 9.59 Å². The molecule has 0 fully saturated rings. The van der Waals surface area contributed by atoms with Crippen molar-refractivity contribution in [3.05, 3.63) is 11.3 Å². The number of carbonyl (C=O) groups excluding carboxylic acids is 2. The second kappa shape index (κ2) is 4.81. The van der Waals surface area contributed by atoms with Gasteiger partial charge in [0, 0.05) is 19.3 Å². The summed E-state index contributed by atoms with van der Waals surface area (Å²) in [6.07, 6.45) is 2.29. The summed E-state index contributed by atoms with van der Waals surface area (Å²) in [6, 6.07) is 0. The lowest BCUT2D eigenvalue weighted by Gasteiger charge is -2.30. The molecule has 0 saturated carbocycles. The fourth-order valence-electron chi connectivity index (χ4n) is 2.10. The average molecular weight is 224 g/mol. The maximum atomic E-state index is 11.9. The molecule has 90 valence electrons. The van der Waals surface area contributed by atoms with Crippen LogP contribution in [0.25, 0.3) is 0 Å². The highest BCUT2D eigenvalue weighted by Gasteiger charge is 2.36. The summed E-state index contributed by atoms with van der Waals surface area (Å²) in [5.41, 5.74) is 0.210. The molecule has 0 unspecified atom stereocenters. The van der Waals surface area contributed by atoms with Gasteiger partial charge in [0.1, 0.15) is 5.76 Å². The van der Waals surface area contributed by atoms with E-state index in [1.54, 1.807) is 0 Å². The lowest BCUT2D eigenvalue weighted by Crippen LogP contribution is -2.29. The van der Waals surface area contributed by atoms with Crippen LogP contribution < -0.4 is 0 Å². The molecule has 0 radical (unpaired) electrons. The number of hydrogen-bond donors (Lipinski definition) is 0. The van der Waals surface area contributed by atoms with Crippen LogP contribution in [0.4, 0.5) is 0 Å². The fourth-order valence-corrected chi connectivity index (χ4v) is 2.10. The minimum atomic E-state index is -0.0988. The van der Waals surface area contributed by atoms with Gasteiger partial charge in [-0.25, -0.2) is 0 Å². The number of ether oxygens (including phenoxy) is 1. The van der Waals surface area contributed by atoms with Gasteiger partial charge in [0.2, 0.25) is 0 Å². The molecule has 0 atom stereocenters. The first-order chi connectivity index (χ1) is 7.41. The molecule has 0 N–H and O–H groups in total. The Labute approximate surface area is 96.9 Å². The van der Waals surface area contributed by atoms with Crippen LogP contribution in [0.2, 0.25) is 0 Å². The minimum absolute atomic E-state index is 0.0634. The van der Waals surface area contributed by atoms with Crippen molar-refractivity contribution in [2.75, 3.05) is 7.11 Å². The lowest BCUT2D eigenvalue weighted by atomic mass is 9.75. The second-order valence-corrected chi connectivity index (χ2v) is 5.12. The van der Waals surface area contributed by atoms with Crippen LogP contribution in [0.3, 0.4) is 0 Å². The summed E-state index contributed by atoms with van der Waals surface area (Å²) < 4.78 is 5.22. The third-order valence-electron chi connectivity index (χ3n) is 2.84. The quantitative estimate of drug-likeness (QED) is 0.689. The minimum Gasteiger partial charge on any atom is -0.500 e. The molecular formula is C13H20O3. The van der Waals surface area contributed by atoms with E-state index < -0.39 is 0 Å². The zero-order chi connectivity index (χ0) is 12.3. The normalized spacial score (nSPS) is 19.9. The van der Waals surface area contributed by atoms with Gasteiger partial charge in [-0.15, -0.1) is 0 Å². The fraction of sp³-hybridized carbons (Fsp3) is 0.692. The molecule has 0 heterocycles. The van der Waals surface area contributed by atoms with E-state index in [0.717, 1.165) is 6.42 Å². The summed E-state index contributed by atoms with van der Waals surface area (Å²) in [7, 11) is 1.53. The number of rotatable bonds is 4. The van der Waals surface area contributed by atoms with Crippen molar-refractivity contribution in [2.24, 2.45) is 5.41 Å². The zero-order valence-electron chi connectivity index (χ0n) is 10.6. The highest BCUT2D eigenvalue weighted by Crippen LogP contribution is 2.37. The molecule has 1 rings (SSSR count). The Morgan fingerprint density at radius 3 is 2.50 bits per heavy atom. The van der Waals surface area contributed by atoms with Crippen molar-refractivity contribution in [3.8, 4) is 0 Å². The van der Waals surface area contributed by atoms with E-state index in [0.29, 0.717) is 30.6 Å². The Balaban J connectivity index is 3.06. The third kappa shape index (κ3) is 2.71. The van der Waals surface area contributed by atoms with Crippen molar-refractivity contribution in [1.82, 2.24) is 0 Å². The number of allylic oxidation sites excluding steroid dienone is 2. The Hall–Kier alpha value is -1.12. The van der Waals surface area contributed by atoms with E-state index in [9.17, 15) is 9.59 Å². The maximum Gasteiger partial charge on any atom is 0.170 e. The highest BCUT2D eigenvalue weighted by atomic mass is 16.5. The molecule has 0 bridgehead atoms. The first kappa shape index (κ1) is 12.9. The molecule has 1 aliphatic rings. The van der Waals surface area contributed by atoms with Crippen LogP contribution in [0, 0.1) is 5.41 Å². The lowest BCUT2D eigenvalue weighted by molar-refractivity contribution is -0.123. The monoisotopic (exact) mass is 224 g/mol. The number of Topliss-reactive ketones (excluding diaryl/α,β-unsaturated/α-hetero) is 2. The van der Waals surface area contributed by atoms with E-state index in [1.165, 1.54) is 7.11 Å². The van der Waals surface area contributed by atoms with Gasteiger partial charge < -0.3 is 4.74 Å². The Morgan fingerprint density at radius 1 is 1.38 bits per heavy atom. The van der Waals surface area contributed by atoms with Gasteiger partial charge >= 0.3 is 0 Å². The topological polar surface area (TPSA) is 43.4 Å². The molecule has 0 aromatic carbocycles. The van der Waals surface area contributed by atoms with E-state index >= 15 is 0 Å². The van der Waals surface area contributed by atoms with Crippen LogP contribution in [0.15, 0.2) is 11.3 Å². The number of hydrogen-bond acceptors (Lipinski definition) is 3. The molecule has 0 aromatic rings. The summed E-state index contributed by atoms with van der Waals surface area (Å²) in [5, 5.41) is 0. The second-order valence-electron chi connectivity index (χ2n) is 5.12. The average Bonchev–Trinajstić information content (AvgIpc) is 2.15. The van der Waals surface area contributed by atoms with Gasteiger partial charge in [0.15, 0.2) is 11.6 Å². The van der Waals surface area contributed by atoms with Gasteiger partial charge in [-0.1, -0.05) is 20.8 Å². The SMILES string of the molecule is CCCC(=O)C1=C(OC)CC(C)(C)CC1=O. The Bertz CT molecular complexity index is 337. The van der Waals surface area contributed by atoms with Crippen molar-refractivity contribution in [1.29, 1.82) is 0 Å². The third-order valence-corrected chi connectivity index (χ3v) is 2.84. The highest BCUT2D eigenvalue weighted by molar-refractivity contribution is 6.21. The molecule has 3 heteroatoms. The first-order valence-electron chi connectivity index (χ1n) is 5.75. The van der Waals surface area contributed by atoms with Crippen molar-refractivity contribution < 1.29 is 14.3 Å². The zero-order valence-corrected chi connectivity index (χ0v) is 10.6. The van der Waals surface area contributed by atoms with Gasteiger partial charge in [0.25, 0.3) is 0 Å². The standard InChI is InChI=1S/C13H20O3/c1-5-6-9(14)12-10(15)7-13(2,3)8-11(12)16-4/h5-8H2,1-4H3. The molecule has 0 aliphatic heterocycles. The van der Waals surface area contributed by atoms with Crippen LogP contribution in [0.5, 0.6) is 0 Å². The molecule has 0 spiro atoms. The molecule has 0 saturated heterocycles. The summed E-state index contributed by atoms with van der Waals surface area (Å²) >= 11 is 0. The van der Waals surface area contributed by atoms with Crippen LogP contribution >= 0.6 is 0 Å². The molecule has 0 aromatic heterocycles. The Morgan fingerprint density at radius 2 is 2.00 bits per heavy atom. The van der Waals surface area contributed by atoms with Gasteiger partial charge in [0.05, 0.1) is 12.7 Å². The van der Waals surface area contributed by atoms with Crippen LogP contribution in [-0.4, -0.2) is 18.7 Å². The van der Waals surface area contributed by atoms with E-state index in [1.807, 2.05) is 20.8 Å². The predicted molar refractivity (Wildman–Crippen MR) is 62.0 cm³/mol. The molecule has 1 aliphatic carbocycles. The van der Waals surface area contributed by atoms with Crippen LogP contribution in [0.1, 0.15) is 46.5 Å². The Kier molecular flexibility index (Phi) is 3.89. The van der Waals surface area contributed by atoms with E-state index in [2.05, 4.69) is 0 Å². The summed E-state index contributed by atoms with van der Waals surface area (Å²) in [6.45, 7) is 5.97. The predicted octanol–water partition coefficient (Wildman–Crippen LogP) is 2.65. The van der Waals surface area contributed by atoms with E-state index in [4.69, 9.17) is 4.74 Å². The van der Waals surface area contributed by atoms with Gasteiger partial charge in [-0.2, -0.15) is 0 Å². The number of carbonyl (C=O) groups is 2. The number of ketones is 2. The van der Waals surface area contributed by atoms with Gasteiger partial charge in [-0.05, 0) is 11.8 Å². The molecule has 0 amide bonds. The summed E-state index contributed by atoms with van der Waals surface area (Å²) in [4.78, 5) is 23.8. The van der Waals surface area contributed by atoms with Crippen molar-refractivity contribution in [2.45, 2.75) is 46.5 Å².